The van der Waals surface area contributed by atoms with Crippen molar-refractivity contribution in [1.82, 2.24) is 15.5 Å². The topological polar surface area (TPSA) is 86.2 Å². The summed E-state index contributed by atoms with van der Waals surface area (Å²) in [5.74, 6) is 0.778. The lowest BCUT2D eigenvalue weighted by Crippen LogP contribution is -2.44. The van der Waals surface area contributed by atoms with Gasteiger partial charge in [0.2, 0.25) is 0 Å². The monoisotopic (exact) mass is 300 g/mol. The molecule has 1 rings (SSSR count). The van der Waals surface area contributed by atoms with E-state index in [2.05, 4.69) is 20.5 Å². The number of rotatable bonds is 4. The van der Waals surface area contributed by atoms with Gasteiger partial charge >= 0.3 is 6.09 Å². The van der Waals surface area contributed by atoms with E-state index in [9.17, 15) is 4.79 Å². The molecule has 1 unspecified atom stereocenters. The lowest BCUT2D eigenvalue weighted by molar-refractivity contribution is 0.0507. The fourth-order valence-electron chi connectivity index (χ4n) is 2.13. The normalized spacial score (nSPS) is 19.6. The molecule has 21 heavy (non-hydrogen) atoms. The second-order valence-corrected chi connectivity index (χ2v) is 6.04. The van der Waals surface area contributed by atoms with Crippen LogP contribution in [0.2, 0.25) is 0 Å². The van der Waals surface area contributed by atoms with E-state index in [1.54, 1.807) is 0 Å². The Morgan fingerprint density at radius 3 is 2.76 bits per heavy atom. The van der Waals surface area contributed by atoms with Crippen LogP contribution in [-0.2, 0) is 4.74 Å². The van der Waals surface area contributed by atoms with Crippen LogP contribution >= 0.6 is 0 Å². The fourth-order valence-corrected chi connectivity index (χ4v) is 2.13. The lowest BCUT2D eigenvalue weighted by Gasteiger charge is -2.23. The van der Waals surface area contributed by atoms with Crippen molar-refractivity contribution >= 4 is 12.1 Å². The van der Waals surface area contributed by atoms with Crippen LogP contribution in [0.4, 0.5) is 4.79 Å². The van der Waals surface area contributed by atoms with Gasteiger partial charge in [0, 0.05) is 19.6 Å². The summed E-state index contributed by atoms with van der Waals surface area (Å²) in [5, 5.41) is 15.0. The minimum Gasteiger partial charge on any atom is -0.444 e. The van der Waals surface area contributed by atoms with Gasteiger partial charge in [-0.15, -0.1) is 0 Å². The third kappa shape index (κ3) is 6.66. The Morgan fingerprint density at radius 2 is 2.19 bits per heavy atom. The summed E-state index contributed by atoms with van der Waals surface area (Å²) in [6, 6.07) is 0.0535. The molecule has 0 aliphatic carbocycles. The fraction of sp³-hybridized carbons (Fsp3) is 0.857. The van der Waals surface area contributed by atoms with Gasteiger partial charge in [-0.2, -0.15) is 0 Å². The maximum atomic E-state index is 11.8. The number of alkyl carbamates (subject to hydrolysis) is 1. The summed E-state index contributed by atoms with van der Waals surface area (Å²) < 4.78 is 5.26. The average molecular weight is 300 g/mol. The van der Waals surface area contributed by atoms with Crippen LogP contribution in [0.25, 0.3) is 0 Å². The van der Waals surface area contributed by atoms with Crippen molar-refractivity contribution in [2.24, 2.45) is 4.99 Å². The number of aliphatic imine (C=N–C) groups is 1. The molecule has 1 heterocycles. The van der Waals surface area contributed by atoms with E-state index in [1.165, 1.54) is 0 Å². The molecule has 3 N–H and O–H groups in total. The first-order chi connectivity index (χ1) is 9.85. The van der Waals surface area contributed by atoms with Crippen LogP contribution in [0.5, 0.6) is 0 Å². The van der Waals surface area contributed by atoms with Crippen LogP contribution in [0.1, 0.15) is 34.1 Å². The molecule has 0 bridgehead atoms. The largest absolute Gasteiger partial charge is 0.444 e. The molecular formula is C14H28N4O3. The number of likely N-dealkylation sites (tertiary alicyclic amines) is 1. The molecule has 1 saturated heterocycles. The number of hydrogen-bond donors (Lipinski definition) is 3. The molecule has 0 aromatic carbocycles. The van der Waals surface area contributed by atoms with Crippen LogP contribution in [-0.4, -0.2) is 66.5 Å². The number of nitrogens with one attached hydrogen (secondary N) is 2. The number of ether oxygens (including phenoxy) is 1. The van der Waals surface area contributed by atoms with E-state index < -0.39 is 5.60 Å². The first kappa shape index (κ1) is 17.6. The summed E-state index contributed by atoms with van der Waals surface area (Å²) in [4.78, 5) is 18.2. The number of carbonyl (C=O) groups is 1. The highest BCUT2D eigenvalue weighted by atomic mass is 16.6. The molecule has 0 saturated carbocycles. The van der Waals surface area contributed by atoms with E-state index in [0.717, 1.165) is 25.5 Å². The van der Waals surface area contributed by atoms with Crippen LogP contribution in [0.3, 0.4) is 0 Å². The summed E-state index contributed by atoms with van der Waals surface area (Å²) in [5.41, 5.74) is -0.486. The van der Waals surface area contributed by atoms with E-state index in [4.69, 9.17) is 9.84 Å². The van der Waals surface area contributed by atoms with Crippen molar-refractivity contribution < 1.29 is 14.6 Å². The number of carbonyl (C=O) groups excluding carboxylic acids is 1. The van der Waals surface area contributed by atoms with Crippen molar-refractivity contribution in [3.05, 3.63) is 0 Å². The highest BCUT2D eigenvalue weighted by Crippen LogP contribution is 2.12. The standard InChI is InChI=1S/C14H28N4O3/c1-5-15-12(16-7-9-19)18-8-6-11(10-18)17-13(20)21-14(2,3)4/h11,19H,5-10H2,1-4H3,(H,15,16)(H,17,20). The average Bonchev–Trinajstić information content (AvgIpc) is 2.80. The summed E-state index contributed by atoms with van der Waals surface area (Å²) >= 11 is 0. The van der Waals surface area contributed by atoms with Gasteiger partial charge in [0.15, 0.2) is 5.96 Å². The predicted octanol–water partition coefficient (Wildman–Crippen LogP) is 0.543. The number of nitrogens with zero attached hydrogens (tertiary/aromatic N) is 2. The Balaban J connectivity index is 2.48. The second kappa shape index (κ2) is 8.07. The highest BCUT2D eigenvalue weighted by Gasteiger charge is 2.27. The summed E-state index contributed by atoms with van der Waals surface area (Å²) in [7, 11) is 0. The second-order valence-electron chi connectivity index (χ2n) is 6.04. The number of hydrogen-bond acceptors (Lipinski definition) is 4. The van der Waals surface area contributed by atoms with Gasteiger partial charge < -0.3 is 25.4 Å². The Labute approximate surface area is 126 Å². The Hall–Kier alpha value is -1.50. The molecular weight excluding hydrogens is 272 g/mol. The van der Waals surface area contributed by atoms with Gasteiger partial charge in [-0.05, 0) is 34.1 Å². The van der Waals surface area contributed by atoms with Crippen molar-refractivity contribution in [3.8, 4) is 0 Å². The molecule has 1 amide bonds. The van der Waals surface area contributed by atoms with Crippen LogP contribution in [0.15, 0.2) is 4.99 Å². The van der Waals surface area contributed by atoms with E-state index >= 15 is 0 Å². The van der Waals surface area contributed by atoms with E-state index in [-0.39, 0.29) is 18.7 Å². The molecule has 1 aliphatic rings. The van der Waals surface area contributed by atoms with Crippen molar-refractivity contribution in [2.45, 2.75) is 45.8 Å². The molecule has 1 aliphatic heterocycles. The smallest absolute Gasteiger partial charge is 0.407 e. The number of guanidine groups is 1. The zero-order valence-electron chi connectivity index (χ0n) is 13.5. The quantitative estimate of drug-likeness (QED) is 0.521. The number of aliphatic hydroxyl groups is 1. The summed E-state index contributed by atoms with van der Waals surface area (Å²) in [6.45, 7) is 10.2. The third-order valence-corrected chi connectivity index (χ3v) is 2.91. The van der Waals surface area contributed by atoms with Gasteiger partial charge in [-0.3, -0.25) is 4.99 Å². The van der Waals surface area contributed by atoms with E-state index in [0.29, 0.717) is 13.1 Å². The van der Waals surface area contributed by atoms with Crippen molar-refractivity contribution in [1.29, 1.82) is 0 Å². The highest BCUT2D eigenvalue weighted by molar-refractivity contribution is 5.80. The molecule has 0 aromatic heterocycles. The molecule has 7 nitrogen and oxygen atoms in total. The SMILES string of the molecule is CCNC(=NCCO)N1CCC(NC(=O)OC(C)(C)C)C1. The molecule has 1 atom stereocenters. The van der Waals surface area contributed by atoms with Gasteiger partial charge in [0.1, 0.15) is 5.60 Å². The van der Waals surface area contributed by atoms with Gasteiger partial charge in [-0.25, -0.2) is 4.79 Å². The summed E-state index contributed by atoms with van der Waals surface area (Å²) in [6.07, 6.45) is 0.467. The Bertz CT molecular complexity index is 366. The van der Waals surface area contributed by atoms with Gasteiger partial charge in [0.25, 0.3) is 0 Å². The maximum Gasteiger partial charge on any atom is 0.407 e. The van der Waals surface area contributed by atoms with Gasteiger partial charge in [-0.1, -0.05) is 0 Å². The molecule has 7 heteroatoms. The first-order valence-electron chi connectivity index (χ1n) is 7.49. The molecule has 1 fully saturated rings. The van der Waals surface area contributed by atoms with Gasteiger partial charge in [0.05, 0.1) is 19.2 Å². The lowest BCUT2D eigenvalue weighted by atomic mass is 10.2. The Morgan fingerprint density at radius 1 is 1.48 bits per heavy atom. The number of aliphatic hydroxyl groups excluding tert-OH is 1. The minimum absolute atomic E-state index is 0.0301. The van der Waals surface area contributed by atoms with Crippen LogP contribution in [0, 0.1) is 0 Å². The minimum atomic E-state index is -0.486. The zero-order valence-corrected chi connectivity index (χ0v) is 13.5. The predicted molar refractivity (Wildman–Crippen MR) is 82.4 cm³/mol. The number of amides is 1. The third-order valence-electron chi connectivity index (χ3n) is 2.91. The first-order valence-corrected chi connectivity index (χ1v) is 7.49. The Kier molecular flexibility index (Phi) is 6.74. The molecule has 0 aromatic rings. The zero-order chi connectivity index (χ0) is 15.9. The molecule has 0 spiro atoms. The van der Waals surface area contributed by atoms with Crippen molar-refractivity contribution in [3.63, 3.8) is 0 Å². The van der Waals surface area contributed by atoms with Crippen molar-refractivity contribution in [2.75, 3.05) is 32.8 Å². The molecule has 122 valence electrons. The maximum absolute atomic E-state index is 11.8. The van der Waals surface area contributed by atoms with E-state index in [1.807, 2.05) is 27.7 Å². The molecule has 0 radical (unpaired) electrons. The van der Waals surface area contributed by atoms with Crippen LogP contribution < -0.4 is 10.6 Å².